The zero-order valence-electron chi connectivity index (χ0n) is 11.1. The standard InChI is InChI=1S/C16H19NO/c1-12(2)13-9-10-16(18-3)15(11-13)17-14-7-5-4-6-8-14/h4-12,17H,1-3H3. The summed E-state index contributed by atoms with van der Waals surface area (Å²) in [6.45, 7) is 4.38. The number of hydrogen-bond donors (Lipinski definition) is 1. The van der Waals surface area contributed by atoms with Gasteiger partial charge in [0.05, 0.1) is 12.8 Å². The molecule has 18 heavy (non-hydrogen) atoms. The molecule has 0 atom stereocenters. The first kappa shape index (κ1) is 12.5. The summed E-state index contributed by atoms with van der Waals surface area (Å²) in [4.78, 5) is 0. The molecule has 0 radical (unpaired) electrons. The minimum absolute atomic E-state index is 0.507. The van der Waals surface area contributed by atoms with Crippen molar-refractivity contribution in [2.75, 3.05) is 12.4 Å². The summed E-state index contributed by atoms with van der Waals surface area (Å²) < 4.78 is 5.39. The highest BCUT2D eigenvalue weighted by molar-refractivity contribution is 5.67. The lowest BCUT2D eigenvalue weighted by molar-refractivity contribution is 0.416. The van der Waals surface area contributed by atoms with Crippen molar-refractivity contribution in [1.82, 2.24) is 0 Å². The van der Waals surface area contributed by atoms with Gasteiger partial charge in [0.25, 0.3) is 0 Å². The molecule has 2 aromatic carbocycles. The molecule has 0 amide bonds. The highest BCUT2D eigenvalue weighted by atomic mass is 16.5. The van der Waals surface area contributed by atoms with Crippen molar-refractivity contribution in [1.29, 1.82) is 0 Å². The molecule has 94 valence electrons. The normalized spacial score (nSPS) is 10.4. The van der Waals surface area contributed by atoms with Gasteiger partial charge in [-0.2, -0.15) is 0 Å². The van der Waals surface area contributed by atoms with Gasteiger partial charge in [-0.25, -0.2) is 0 Å². The highest BCUT2D eigenvalue weighted by Gasteiger charge is 2.06. The average Bonchev–Trinajstić information content (AvgIpc) is 2.39. The van der Waals surface area contributed by atoms with Crippen molar-refractivity contribution in [3.05, 3.63) is 54.1 Å². The molecule has 0 fully saturated rings. The summed E-state index contributed by atoms with van der Waals surface area (Å²) in [5, 5.41) is 3.39. The molecule has 0 aliphatic carbocycles. The summed E-state index contributed by atoms with van der Waals surface area (Å²) in [7, 11) is 1.69. The van der Waals surface area contributed by atoms with Crippen LogP contribution in [0.25, 0.3) is 0 Å². The second-order valence-electron chi connectivity index (χ2n) is 4.61. The Hall–Kier alpha value is -1.96. The van der Waals surface area contributed by atoms with Crippen LogP contribution in [0.5, 0.6) is 5.75 Å². The van der Waals surface area contributed by atoms with Gasteiger partial charge in [0.2, 0.25) is 0 Å². The topological polar surface area (TPSA) is 21.3 Å². The van der Waals surface area contributed by atoms with E-state index in [4.69, 9.17) is 4.74 Å². The molecule has 2 heteroatoms. The van der Waals surface area contributed by atoms with Gasteiger partial charge in [-0.1, -0.05) is 38.1 Å². The molecule has 0 saturated heterocycles. The van der Waals surface area contributed by atoms with E-state index in [1.807, 2.05) is 36.4 Å². The van der Waals surface area contributed by atoms with Gasteiger partial charge < -0.3 is 10.1 Å². The molecule has 0 heterocycles. The summed E-state index contributed by atoms with van der Waals surface area (Å²) in [6.07, 6.45) is 0. The van der Waals surface area contributed by atoms with E-state index in [2.05, 4.69) is 31.3 Å². The van der Waals surface area contributed by atoms with Crippen molar-refractivity contribution >= 4 is 11.4 Å². The molecule has 1 N–H and O–H groups in total. The van der Waals surface area contributed by atoms with E-state index in [1.54, 1.807) is 7.11 Å². The van der Waals surface area contributed by atoms with Crippen LogP contribution in [0.15, 0.2) is 48.5 Å². The Morgan fingerprint density at radius 1 is 1.00 bits per heavy atom. The van der Waals surface area contributed by atoms with Gasteiger partial charge in [0, 0.05) is 5.69 Å². The maximum Gasteiger partial charge on any atom is 0.142 e. The largest absolute Gasteiger partial charge is 0.495 e. The molecular weight excluding hydrogens is 222 g/mol. The molecule has 2 nitrogen and oxygen atoms in total. The van der Waals surface area contributed by atoms with E-state index < -0.39 is 0 Å². The summed E-state index contributed by atoms with van der Waals surface area (Å²) in [5.74, 6) is 1.37. The molecule has 0 unspecified atom stereocenters. The third-order valence-corrected chi connectivity index (χ3v) is 2.94. The Morgan fingerprint density at radius 3 is 2.33 bits per heavy atom. The quantitative estimate of drug-likeness (QED) is 0.847. The van der Waals surface area contributed by atoms with Crippen LogP contribution in [0.2, 0.25) is 0 Å². The summed E-state index contributed by atoms with van der Waals surface area (Å²) >= 11 is 0. The highest BCUT2D eigenvalue weighted by Crippen LogP contribution is 2.30. The van der Waals surface area contributed by atoms with Crippen molar-refractivity contribution < 1.29 is 4.74 Å². The zero-order valence-corrected chi connectivity index (χ0v) is 11.1. The molecule has 2 aromatic rings. The maximum absolute atomic E-state index is 5.39. The number of rotatable bonds is 4. The number of nitrogens with one attached hydrogen (secondary N) is 1. The van der Waals surface area contributed by atoms with Crippen LogP contribution < -0.4 is 10.1 Å². The molecule has 0 bridgehead atoms. The SMILES string of the molecule is COc1ccc(C(C)C)cc1Nc1ccccc1. The average molecular weight is 241 g/mol. The van der Waals surface area contributed by atoms with Crippen LogP contribution in [-0.2, 0) is 0 Å². The number of hydrogen-bond acceptors (Lipinski definition) is 2. The van der Waals surface area contributed by atoms with Gasteiger partial charge in [-0.15, -0.1) is 0 Å². The van der Waals surface area contributed by atoms with Gasteiger partial charge >= 0.3 is 0 Å². The molecule has 0 aliphatic rings. The maximum atomic E-state index is 5.39. The van der Waals surface area contributed by atoms with E-state index >= 15 is 0 Å². The molecule has 2 rings (SSSR count). The Bertz CT molecular complexity index is 506. The zero-order chi connectivity index (χ0) is 13.0. The molecule has 0 spiro atoms. The van der Waals surface area contributed by atoms with Crippen molar-refractivity contribution in [2.45, 2.75) is 19.8 Å². The van der Waals surface area contributed by atoms with Gasteiger partial charge in [-0.05, 0) is 35.7 Å². The first-order valence-electron chi connectivity index (χ1n) is 6.20. The van der Waals surface area contributed by atoms with Crippen LogP contribution in [0.3, 0.4) is 0 Å². The lowest BCUT2D eigenvalue weighted by Gasteiger charge is -2.14. The monoisotopic (exact) mass is 241 g/mol. The smallest absolute Gasteiger partial charge is 0.142 e. The fourth-order valence-corrected chi connectivity index (χ4v) is 1.86. The molecule has 0 aliphatic heterocycles. The lowest BCUT2D eigenvalue weighted by atomic mass is 10.0. The minimum Gasteiger partial charge on any atom is -0.495 e. The van der Waals surface area contributed by atoms with E-state index in [0.717, 1.165) is 17.1 Å². The fourth-order valence-electron chi connectivity index (χ4n) is 1.86. The summed E-state index contributed by atoms with van der Waals surface area (Å²) in [5.41, 5.74) is 3.38. The van der Waals surface area contributed by atoms with E-state index in [-0.39, 0.29) is 0 Å². The number of anilines is 2. The van der Waals surface area contributed by atoms with Gasteiger partial charge in [0.1, 0.15) is 5.75 Å². The van der Waals surface area contributed by atoms with Crippen molar-refractivity contribution in [2.24, 2.45) is 0 Å². The Labute approximate surface area is 109 Å². The van der Waals surface area contributed by atoms with Crippen LogP contribution in [0.1, 0.15) is 25.3 Å². The van der Waals surface area contributed by atoms with Crippen LogP contribution >= 0.6 is 0 Å². The van der Waals surface area contributed by atoms with Crippen LogP contribution in [0.4, 0.5) is 11.4 Å². The first-order chi connectivity index (χ1) is 8.70. The number of methoxy groups -OCH3 is 1. The Morgan fingerprint density at radius 2 is 1.72 bits per heavy atom. The Balaban J connectivity index is 2.32. The van der Waals surface area contributed by atoms with Crippen molar-refractivity contribution in [3.8, 4) is 5.75 Å². The predicted molar refractivity (Wildman–Crippen MR) is 76.8 cm³/mol. The summed E-state index contributed by atoms with van der Waals surface area (Å²) in [6, 6.07) is 16.4. The third-order valence-electron chi connectivity index (χ3n) is 2.94. The van der Waals surface area contributed by atoms with Crippen molar-refractivity contribution in [3.63, 3.8) is 0 Å². The Kier molecular flexibility index (Phi) is 3.88. The second-order valence-corrected chi connectivity index (χ2v) is 4.61. The third kappa shape index (κ3) is 2.83. The van der Waals surface area contributed by atoms with E-state index in [0.29, 0.717) is 5.92 Å². The lowest BCUT2D eigenvalue weighted by Crippen LogP contribution is -1.97. The van der Waals surface area contributed by atoms with E-state index in [1.165, 1.54) is 5.56 Å². The number of para-hydroxylation sites is 1. The molecular formula is C16H19NO. The molecule has 0 aromatic heterocycles. The molecule has 0 saturated carbocycles. The van der Waals surface area contributed by atoms with Gasteiger partial charge in [-0.3, -0.25) is 0 Å². The number of benzene rings is 2. The van der Waals surface area contributed by atoms with Crippen LogP contribution in [-0.4, -0.2) is 7.11 Å². The van der Waals surface area contributed by atoms with E-state index in [9.17, 15) is 0 Å². The predicted octanol–water partition coefficient (Wildman–Crippen LogP) is 4.56. The van der Waals surface area contributed by atoms with Crippen LogP contribution in [0, 0.1) is 0 Å². The van der Waals surface area contributed by atoms with Gasteiger partial charge in [0.15, 0.2) is 0 Å². The second kappa shape index (κ2) is 5.58. The fraction of sp³-hybridized carbons (Fsp3) is 0.250. The minimum atomic E-state index is 0.507. The number of ether oxygens (including phenoxy) is 1. The first-order valence-corrected chi connectivity index (χ1v) is 6.20.